The number of aliphatic hydroxyl groups excluding tert-OH is 1. The lowest BCUT2D eigenvalue weighted by atomic mass is 10.1. The molecule has 22 heavy (non-hydrogen) atoms. The SMILES string of the molecule is CCc1cccc(OC2CN(C(=O)c3ccc(CO)o3)C2)c1. The molecule has 2 aromatic rings. The van der Waals surface area contributed by atoms with Crippen molar-refractivity contribution in [2.75, 3.05) is 13.1 Å². The molecule has 5 heteroatoms. The Bertz CT molecular complexity index is 658. The van der Waals surface area contributed by atoms with Gasteiger partial charge in [-0.1, -0.05) is 19.1 Å². The van der Waals surface area contributed by atoms with Gasteiger partial charge < -0.3 is 19.2 Å². The highest BCUT2D eigenvalue weighted by Gasteiger charge is 2.34. The third-order valence-electron chi connectivity index (χ3n) is 3.77. The number of nitrogens with zero attached hydrogens (tertiary/aromatic N) is 1. The molecule has 1 aromatic carbocycles. The third kappa shape index (κ3) is 2.99. The zero-order valence-corrected chi connectivity index (χ0v) is 12.5. The first-order chi connectivity index (χ1) is 10.7. The van der Waals surface area contributed by atoms with Crippen LogP contribution in [0.3, 0.4) is 0 Å². The highest BCUT2D eigenvalue weighted by Crippen LogP contribution is 2.21. The summed E-state index contributed by atoms with van der Waals surface area (Å²) in [6.45, 7) is 2.99. The van der Waals surface area contributed by atoms with Crippen LogP contribution in [0, 0.1) is 0 Å². The van der Waals surface area contributed by atoms with Crippen LogP contribution in [0.25, 0.3) is 0 Å². The number of likely N-dealkylation sites (tertiary alicyclic amines) is 1. The number of rotatable bonds is 5. The van der Waals surface area contributed by atoms with Crippen molar-refractivity contribution in [3.63, 3.8) is 0 Å². The Balaban J connectivity index is 1.54. The molecule has 0 aliphatic carbocycles. The maximum atomic E-state index is 12.1. The van der Waals surface area contributed by atoms with Crippen molar-refractivity contribution in [2.24, 2.45) is 0 Å². The summed E-state index contributed by atoms with van der Waals surface area (Å²) in [6.07, 6.45) is 0.987. The molecule has 0 unspecified atom stereocenters. The number of benzene rings is 1. The van der Waals surface area contributed by atoms with E-state index in [1.54, 1.807) is 17.0 Å². The second-order valence-corrected chi connectivity index (χ2v) is 5.38. The molecule has 5 nitrogen and oxygen atoms in total. The number of hydrogen-bond donors (Lipinski definition) is 1. The summed E-state index contributed by atoms with van der Waals surface area (Å²) < 4.78 is 11.1. The topological polar surface area (TPSA) is 62.9 Å². The Labute approximate surface area is 129 Å². The maximum Gasteiger partial charge on any atom is 0.289 e. The van der Waals surface area contributed by atoms with Crippen LogP contribution in [-0.4, -0.2) is 35.1 Å². The summed E-state index contributed by atoms with van der Waals surface area (Å²) >= 11 is 0. The molecule has 116 valence electrons. The standard InChI is InChI=1S/C17H19NO4/c1-2-12-4-3-5-13(8-12)21-15-9-18(10-15)17(20)16-7-6-14(11-19)22-16/h3-8,15,19H,2,9-11H2,1H3. The van der Waals surface area contributed by atoms with Crippen molar-refractivity contribution in [3.8, 4) is 5.75 Å². The predicted molar refractivity (Wildman–Crippen MR) is 80.8 cm³/mol. The van der Waals surface area contributed by atoms with Gasteiger partial charge in [-0.2, -0.15) is 0 Å². The van der Waals surface area contributed by atoms with Crippen LogP contribution < -0.4 is 4.74 Å². The lowest BCUT2D eigenvalue weighted by Crippen LogP contribution is -2.56. The summed E-state index contributed by atoms with van der Waals surface area (Å²) in [5.41, 5.74) is 1.23. The average Bonchev–Trinajstić information content (AvgIpc) is 2.99. The van der Waals surface area contributed by atoms with Crippen molar-refractivity contribution >= 4 is 5.91 Å². The Hall–Kier alpha value is -2.27. The third-order valence-corrected chi connectivity index (χ3v) is 3.77. The number of furan rings is 1. The Morgan fingerprint density at radius 3 is 2.86 bits per heavy atom. The van der Waals surface area contributed by atoms with Crippen molar-refractivity contribution in [1.82, 2.24) is 4.90 Å². The molecule has 1 N–H and O–H groups in total. The van der Waals surface area contributed by atoms with Crippen molar-refractivity contribution in [1.29, 1.82) is 0 Å². The van der Waals surface area contributed by atoms with Gasteiger partial charge in [-0.25, -0.2) is 0 Å². The molecule has 1 aliphatic heterocycles. The highest BCUT2D eigenvalue weighted by molar-refractivity contribution is 5.92. The number of carbonyl (C=O) groups is 1. The van der Waals surface area contributed by atoms with E-state index in [-0.39, 0.29) is 24.4 Å². The molecule has 0 spiro atoms. The van der Waals surface area contributed by atoms with Gasteiger partial charge in [-0.3, -0.25) is 4.79 Å². The smallest absolute Gasteiger partial charge is 0.289 e. The van der Waals surface area contributed by atoms with E-state index < -0.39 is 0 Å². The second-order valence-electron chi connectivity index (χ2n) is 5.38. The molecule has 0 atom stereocenters. The van der Waals surface area contributed by atoms with Gasteiger partial charge in [0.05, 0.1) is 13.1 Å². The number of aliphatic hydroxyl groups is 1. The van der Waals surface area contributed by atoms with E-state index in [2.05, 4.69) is 13.0 Å². The number of aryl methyl sites for hydroxylation is 1. The summed E-state index contributed by atoms with van der Waals surface area (Å²) in [5.74, 6) is 1.34. The molecular formula is C17H19NO4. The van der Waals surface area contributed by atoms with Crippen LogP contribution >= 0.6 is 0 Å². The molecular weight excluding hydrogens is 282 g/mol. The lowest BCUT2D eigenvalue weighted by Gasteiger charge is -2.38. The molecule has 2 heterocycles. The fraction of sp³-hybridized carbons (Fsp3) is 0.353. The van der Waals surface area contributed by atoms with Gasteiger partial charge in [0.15, 0.2) is 5.76 Å². The normalized spacial score (nSPS) is 14.7. The molecule has 1 amide bonds. The van der Waals surface area contributed by atoms with Gasteiger partial charge in [-0.15, -0.1) is 0 Å². The number of ether oxygens (including phenoxy) is 1. The van der Waals surface area contributed by atoms with Crippen LogP contribution in [0.5, 0.6) is 5.75 Å². The summed E-state index contributed by atoms with van der Waals surface area (Å²) in [5, 5.41) is 8.95. The van der Waals surface area contributed by atoms with E-state index >= 15 is 0 Å². The van der Waals surface area contributed by atoms with Gasteiger partial charge in [0.1, 0.15) is 24.2 Å². The van der Waals surface area contributed by atoms with Gasteiger partial charge in [0.25, 0.3) is 5.91 Å². The first kappa shape index (κ1) is 14.7. The largest absolute Gasteiger partial charge is 0.487 e. The Morgan fingerprint density at radius 2 is 2.18 bits per heavy atom. The molecule has 1 fully saturated rings. The summed E-state index contributed by atoms with van der Waals surface area (Å²) in [4.78, 5) is 13.8. The van der Waals surface area contributed by atoms with Crippen LogP contribution in [0.15, 0.2) is 40.8 Å². The average molecular weight is 301 g/mol. The van der Waals surface area contributed by atoms with Crippen LogP contribution in [0.1, 0.15) is 28.8 Å². The first-order valence-electron chi connectivity index (χ1n) is 7.44. The quantitative estimate of drug-likeness (QED) is 0.920. The fourth-order valence-electron chi connectivity index (χ4n) is 2.44. The molecule has 0 saturated carbocycles. The molecule has 1 saturated heterocycles. The van der Waals surface area contributed by atoms with E-state index in [0.29, 0.717) is 18.8 Å². The number of hydrogen-bond acceptors (Lipinski definition) is 4. The van der Waals surface area contributed by atoms with E-state index in [9.17, 15) is 4.79 Å². The monoisotopic (exact) mass is 301 g/mol. The minimum Gasteiger partial charge on any atom is -0.487 e. The number of carbonyl (C=O) groups excluding carboxylic acids is 1. The van der Waals surface area contributed by atoms with Gasteiger partial charge in [-0.05, 0) is 36.2 Å². The minimum absolute atomic E-state index is 0.0170. The summed E-state index contributed by atoms with van der Waals surface area (Å²) in [6, 6.07) is 11.2. The molecule has 3 rings (SSSR count). The first-order valence-corrected chi connectivity index (χ1v) is 7.44. The number of amides is 1. The predicted octanol–water partition coefficient (Wildman–Crippen LogP) is 2.24. The van der Waals surface area contributed by atoms with Gasteiger partial charge in [0, 0.05) is 0 Å². The molecule has 1 aromatic heterocycles. The van der Waals surface area contributed by atoms with E-state index in [0.717, 1.165) is 12.2 Å². The zero-order valence-electron chi connectivity index (χ0n) is 12.5. The highest BCUT2D eigenvalue weighted by atomic mass is 16.5. The van der Waals surface area contributed by atoms with Crippen LogP contribution in [0.4, 0.5) is 0 Å². The van der Waals surface area contributed by atoms with Gasteiger partial charge >= 0.3 is 0 Å². The van der Waals surface area contributed by atoms with Gasteiger partial charge in [0.2, 0.25) is 0 Å². The lowest BCUT2D eigenvalue weighted by molar-refractivity contribution is 0.0153. The van der Waals surface area contributed by atoms with Crippen molar-refractivity contribution in [3.05, 3.63) is 53.5 Å². The molecule has 0 bridgehead atoms. The maximum absolute atomic E-state index is 12.1. The summed E-state index contributed by atoms with van der Waals surface area (Å²) in [7, 11) is 0. The van der Waals surface area contributed by atoms with Crippen LogP contribution in [-0.2, 0) is 13.0 Å². The molecule has 1 aliphatic rings. The second kappa shape index (κ2) is 6.23. The minimum atomic E-state index is -0.202. The van der Waals surface area contributed by atoms with Crippen molar-refractivity contribution in [2.45, 2.75) is 26.1 Å². The Kier molecular flexibility index (Phi) is 4.15. The Morgan fingerprint density at radius 1 is 1.36 bits per heavy atom. The zero-order chi connectivity index (χ0) is 15.5. The fourth-order valence-corrected chi connectivity index (χ4v) is 2.44. The van der Waals surface area contributed by atoms with E-state index in [4.69, 9.17) is 14.3 Å². The van der Waals surface area contributed by atoms with E-state index in [1.165, 1.54) is 5.56 Å². The van der Waals surface area contributed by atoms with Crippen LogP contribution in [0.2, 0.25) is 0 Å². The van der Waals surface area contributed by atoms with Crippen molar-refractivity contribution < 1.29 is 19.1 Å². The molecule has 0 radical (unpaired) electrons. The van der Waals surface area contributed by atoms with E-state index in [1.807, 2.05) is 18.2 Å².